The van der Waals surface area contributed by atoms with Gasteiger partial charge in [-0.2, -0.15) is 0 Å². The van der Waals surface area contributed by atoms with E-state index in [2.05, 4.69) is 26.6 Å². The van der Waals surface area contributed by atoms with E-state index in [0.29, 0.717) is 37.1 Å². The zero-order valence-electron chi connectivity index (χ0n) is 24.4. The number of amides is 3. The zero-order chi connectivity index (χ0) is 29.9. The standard InChI is InChI=1S/C30H44N6O5/c1-31-12-6-5-7-23-30(41)36(4)25(29(40)34-14-13-32-2)18-22-16-20(9-11-27(22)38)19-8-10-26(37)21(15-19)17-24(33-3)28(39)35-23/h8-11,15-16,23-25,31-33,37-38H,5-7,12-14,17-18H2,1-4H3,(H,34,40)(H,35,39)/t23-,24-,25-/m0/s1. The van der Waals surface area contributed by atoms with Gasteiger partial charge in [0.25, 0.3) is 0 Å². The molecule has 3 rings (SSSR count). The predicted molar refractivity (Wildman–Crippen MR) is 159 cm³/mol. The van der Waals surface area contributed by atoms with Crippen molar-refractivity contribution in [2.24, 2.45) is 0 Å². The van der Waals surface area contributed by atoms with Gasteiger partial charge in [-0.1, -0.05) is 12.1 Å². The first-order chi connectivity index (χ1) is 19.7. The van der Waals surface area contributed by atoms with Crippen LogP contribution in [0.4, 0.5) is 0 Å². The highest BCUT2D eigenvalue weighted by molar-refractivity contribution is 5.93. The summed E-state index contributed by atoms with van der Waals surface area (Å²) in [7, 11) is 6.86. The Bertz CT molecular complexity index is 1210. The highest BCUT2D eigenvalue weighted by Crippen LogP contribution is 2.31. The maximum Gasteiger partial charge on any atom is 0.245 e. The van der Waals surface area contributed by atoms with Gasteiger partial charge in [0.2, 0.25) is 17.7 Å². The van der Waals surface area contributed by atoms with Crippen LogP contribution in [0.15, 0.2) is 36.4 Å². The Hall–Kier alpha value is -3.67. The lowest BCUT2D eigenvalue weighted by molar-refractivity contribution is -0.142. The number of phenols is 2. The average molecular weight is 569 g/mol. The molecule has 4 bridgehead atoms. The molecule has 3 amide bonds. The number of phenolic OH excluding ortho intramolecular Hbond substituents is 2. The number of rotatable bonds is 10. The number of fused-ring (bicyclic) bond motifs is 5. The van der Waals surface area contributed by atoms with Crippen molar-refractivity contribution in [3.05, 3.63) is 47.5 Å². The van der Waals surface area contributed by atoms with Crippen molar-refractivity contribution in [2.75, 3.05) is 47.8 Å². The first-order valence-electron chi connectivity index (χ1n) is 14.2. The summed E-state index contributed by atoms with van der Waals surface area (Å²) in [6.45, 7) is 1.69. The van der Waals surface area contributed by atoms with Crippen LogP contribution in [0.25, 0.3) is 11.1 Å². The first-order valence-corrected chi connectivity index (χ1v) is 14.2. The summed E-state index contributed by atoms with van der Waals surface area (Å²) in [5.41, 5.74) is 2.62. The fourth-order valence-corrected chi connectivity index (χ4v) is 5.02. The molecule has 41 heavy (non-hydrogen) atoms. The van der Waals surface area contributed by atoms with Crippen LogP contribution < -0.4 is 26.6 Å². The Morgan fingerprint density at radius 2 is 1.51 bits per heavy atom. The van der Waals surface area contributed by atoms with Gasteiger partial charge in [-0.25, -0.2) is 0 Å². The predicted octanol–water partition coefficient (Wildman–Crippen LogP) is 0.489. The molecule has 0 radical (unpaired) electrons. The molecule has 11 nitrogen and oxygen atoms in total. The number of nitrogens with zero attached hydrogens (tertiary/aromatic N) is 1. The highest BCUT2D eigenvalue weighted by atomic mass is 16.3. The minimum Gasteiger partial charge on any atom is -0.508 e. The number of carbonyl (C=O) groups is 3. The lowest BCUT2D eigenvalue weighted by Gasteiger charge is -2.32. The lowest BCUT2D eigenvalue weighted by atomic mass is 9.95. The van der Waals surface area contributed by atoms with Gasteiger partial charge < -0.3 is 41.7 Å². The van der Waals surface area contributed by atoms with E-state index in [1.165, 1.54) is 4.90 Å². The second kappa shape index (κ2) is 15.4. The van der Waals surface area contributed by atoms with Crippen molar-refractivity contribution >= 4 is 17.7 Å². The van der Waals surface area contributed by atoms with Gasteiger partial charge in [0, 0.05) is 33.0 Å². The fourth-order valence-electron chi connectivity index (χ4n) is 5.02. The lowest BCUT2D eigenvalue weighted by Crippen LogP contribution is -2.57. The maximum atomic E-state index is 13.9. The van der Waals surface area contributed by atoms with Gasteiger partial charge in [-0.3, -0.25) is 14.4 Å². The third-order valence-electron chi connectivity index (χ3n) is 7.57. The van der Waals surface area contributed by atoms with E-state index in [1.807, 2.05) is 13.1 Å². The molecule has 11 heteroatoms. The van der Waals surface area contributed by atoms with E-state index < -0.39 is 18.1 Å². The van der Waals surface area contributed by atoms with Crippen LogP contribution in [0.3, 0.4) is 0 Å². The summed E-state index contributed by atoms with van der Waals surface area (Å²) in [6.07, 6.45) is 2.14. The molecule has 0 unspecified atom stereocenters. The molecule has 0 spiro atoms. The fraction of sp³-hybridized carbons (Fsp3) is 0.500. The third-order valence-corrected chi connectivity index (χ3v) is 7.57. The van der Waals surface area contributed by atoms with Crippen LogP contribution in [0.2, 0.25) is 0 Å². The van der Waals surface area contributed by atoms with Crippen LogP contribution in [0.1, 0.15) is 30.4 Å². The molecule has 0 fully saturated rings. The third kappa shape index (κ3) is 8.42. The van der Waals surface area contributed by atoms with Gasteiger partial charge in [-0.05, 0) is 93.5 Å². The van der Waals surface area contributed by atoms with E-state index in [1.54, 1.807) is 51.5 Å². The molecule has 1 heterocycles. The van der Waals surface area contributed by atoms with E-state index in [9.17, 15) is 24.6 Å². The number of likely N-dealkylation sites (N-methyl/N-ethyl adjacent to an activating group) is 3. The van der Waals surface area contributed by atoms with Crippen LogP contribution in [-0.4, -0.2) is 98.8 Å². The summed E-state index contributed by atoms with van der Waals surface area (Å²) in [5, 5.41) is 36.3. The Balaban J connectivity index is 2.10. The Morgan fingerprint density at radius 3 is 2.10 bits per heavy atom. The van der Waals surface area contributed by atoms with Crippen LogP contribution in [0, 0.1) is 0 Å². The number of benzene rings is 2. The molecule has 3 atom stereocenters. The van der Waals surface area contributed by atoms with E-state index in [4.69, 9.17) is 0 Å². The Labute approximate surface area is 242 Å². The Morgan fingerprint density at radius 1 is 0.902 bits per heavy atom. The SMILES string of the molecule is CNCCCC[C@@H]1NC(=O)[C@@H](NC)Cc2cc(ccc2O)-c2ccc(O)c(c2)C[C@@H](C(=O)NCCNC)N(C)C1=O. The zero-order valence-corrected chi connectivity index (χ0v) is 24.4. The second-order valence-electron chi connectivity index (χ2n) is 10.5. The number of hydrogen-bond acceptors (Lipinski definition) is 8. The van der Waals surface area contributed by atoms with Crippen LogP contribution in [-0.2, 0) is 27.2 Å². The largest absolute Gasteiger partial charge is 0.508 e. The minimum atomic E-state index is -0.933. The molecule has 2 aromatic carbocycles. The van der Waals surface area contributed by atoms with Crippen molar-refractivity contribution in [1.82, 2.24) is 31.5 Å². The number of hydrogen-bond donors (Lipinski definition) is 7. The highest BCUT2D eigenvalue weighted by Gasteiger charge is 2.34. The van der Waals surface area contributed by atoms with Crippen LogP contribution in [0.5, 0.6) is 11.5 Å². The van der Waals surface area contributed by atoms with Gasteiger partial charge in [0.05, 0.1) is 6.04 Å². The molecule has 0 saturated heterocycles. The van der Waals surface area contributed by atoms with Gasteiger partial charge in [-0.15, -0.1) is 0 Å². The number of nitrogens with one attached hydrogen (secondary N) is 5. The monoisotopic (exact) mass is 568 g/mol. The average Bonchev–Trinajstić information content (AvgIpc) is 2.96. The summed E-state index contributed by atoms with van der Waals surface area (Å²) in [4.78, 5) is 42.2. The molecular weight excluding hydrogens is 524 g/mol. The van der Waals surface area contributed by atoms with Crippen molar-refractivity contribution in [3.8, 4) is 22.6 Å². The Kier molecular flexibility index (Phi) is 11.9. The molecule has 1 aliphatic rings. The van der Waals surface area contributed by atoms with Crippen LogP contribution >= 0.6 is 0 Å². The number of unbranched alkanes of at least 4 members (excludes halogenated alkanes) is 1. The molecule has 1 aliphatic heterocycles. The summed E-state index contributed by atoms with van der Waals surface area (Å²) >= 11 is 0. The van der Waals surface area contributed by atoms with Gasteiger partial charge >= 0.3 is 0 Å². The maximum absolute atomic E-state index is 13.9. The molecule has 0 aromatic heterocycles. The topological polar surface area (TPSA) is 155 Å². The quantitative estimate of drug-likeness (QED) is 0.204. The van der Waals surface area contributed by atoms with Gasteiger partial charge in [0.1, 0.15) is 23.6 Å². The van der Waals surface area contributed by atoms with Crippen molar-refractivity contribution in [1.29, 1.82) is 0 Å². The number of carbonyl (C=O) groups excluding carboxylic acids is 3. The molecular formula is C30H44N6O5. The smallest absolute Gasteiger partial charge is 0.245 e. The summed E-state index contributed by atoms with van der Waals surface area (Å²) in [5.74, 6) is -1.05. The molecule has 0 saturated carbocycles. The normalized spacial score (nSPS) is 19.7. The summed E-state index contributed by atoms with van der Waals surface area (Å²) < 4.78 is 0. The van der Waals surface area contributed by atoms with Crippen molar-refractivity contribution in [3.63, 3.8) is 0 Å². The van der Waals surface area contributed by atoms with E-state index >= 15 is 0 Å². The number of aromatic hydroxyl groups is 2. The molecule has 224 valence electrons. The van der Waals surface area contributed by atoms with E-state index in [0.717, 1.165) is 24.1 Å². The van der Waals surface area contributed by atoms with Crippen molar-refractivity contribution in [2.45, 2.75) is 50.2 Å². The minimum absolute atomic E-state index is 0.0121. The van der Waals surface area contributed by atoms with E-state index in [-0.39, 0.29) is 42.1 Å². The first kappa shape index (κ1) is 31.9. The van der Waals surface area contributed by atoms with Gasteiger partial charge in [0.15, 0.2) is 0 Å². The molecule has 2 aromatic rings. The second-order valence-corrected chi connectivity index (χ2v) is 10.5. The molecule has 0 aliphatic carbocycles. The summed E-state index contributed by atoms with van der Waals surface area (Å²) in [6, 6.07) is 7.78. The van der Waals surface area contributed by atoms with Crippen molar-refractivity contribution < 1.29 is 24.6 Å². The molecule has 7 N–H and O–H groups in total.